The number of aliphatic hydroxyl groups is 1. The lowest BCUT2D eigenvalue weighted by atomic mass is 10.2. The van der Waals surface area contributed by atoms with E-state index in [1.165, 1.54) is 12.8 Å². The molecule has 0 aromatic carbocycles. The van der Waals surface area contributed by atoms with Crippen molar-refractivity contribution < 1.29 is 9.52 Å². The molecule has 1 aromatic rings. The zero-order valence-electron chi connectivity index (χ0n) is 12.7. The Kier molecular flexibility index (Phi) is 6.56. The first-order chi connectivity index (χ1) is 10.3. The van der Waals surface area contributed by atoms with Crippen molar-refractivity contribution in [1.29, 1.82) is 0 Å². The molecule has 1 saturated heterocycles. The van der Waals surface area contributed by atoms with E-state index in [4.69, 9.17) is 9.52 Å². The molecule has 0 saturated carbocycles. The van der Waals surface area contributed by atoms with E-state index in [1.54, 1.807) is 6.26 Å². The number of rotatable bonds is 7. The molecule has 0 radical (unpaired) electrons. The third kappa shape index (κ3) is 4.75. The van der Waals surface area contributed by atoms with Crippen molar-refractivity contribution in [3.8, 4) is 0 Å². The Balaban J connectivity index is 2.02. The van der Waals surface area contributed by atoms with Crippen LogP contribution in [0.3, 0.4) is 0 Å². The van der Waals surface area contributed by atoms with E-state index in [-0.39, 0.29) is 12.6 Å². The fourth-order valence-corrected chi connectivity index (χ4v) is 2.61. The summed E-state index contributed by atoms with van der Waals surface area (Å²) in [6, 6.07) is 4.14. The number of likely N-dealkylation sites (tertiary alicyclic amines) is 1. The van der Waals surface area contributed by atoms with Gasteiger partial charge in [-0.25, -0.2) is 0 Å². The normalized spacial score (nSPS) is 17.9. The molecule has 118 valence electrons. The van der Waals surface area contributed by atoms with Gasteiger partial charge in [0, 0.05) is 13.1 Å². The van der Waals surface area contributed by atoms with Crippen molar-refractivity contribution in [3.05, 3.63) is 24.2 Å². The van der Waals surface area contributed by atoms with Crippen LogP contribution in [0.2, 0.25) is 0 Å². The predicted octanol–water partition coefficient (Wildman–Crippen LogP) is 0.964. The zero-order chi connectivity index (χ0) is 14.9. The van der Waals surface area contributed by atoms with Crippen LogP contribution >= 0.6 is 0 Å². The molecule has 1 unspecified atom stereocenters. The summed E-state index contributed by atoms with van der Waals surface area (Å²) in [6.45, 7) is 6.27. The number of nitrogens with zero attached hydrogens (tertiary/aromatic N) is 2. The lowest BCUT2D eigenvalue weighted by Gasteiger charge is -2.24. The van der Waals surface area contributed by atoms with Gasteiger partial charge in [-0.3, -0.25) is 9.89 Å². The van der Waals surface area contributed by atoms with Gasteiger partial charge in [0.1, 0.15) is 5.76 Å². The molecule has 6 heteroatoms. The first-order valence-electron chi connectivity index (χ1n) is 7.75. The van der Waals surface area contributed by atoms with Gasteiger partial charge in [0.15, 0.2) is 5.96 Å². The zero-order valence-corrected chi connectivity index (χ0v) is 12.7. The fraction of sp³-hybridized carbons (Fsp3) is 0.667. The average Bonchev–Trinajstić information content (AvgIpc) is 3.18. The molecule has 1 aliphatic heterocycles. The number of hydrogen-bond acceptors (Lipinski definition) is 4. The molecule has 0 spiro atoms. The van der Waals surface area contributed by atoms with Crippen molar-refractivity contribution in [3.63, 3.8) is 0 Å². The van der Waals surface area contributed by atoms with Gasteiger partial charge < -0.3 is 20.2 Å². The summed E-state index contributed by atoms with van der Waals surface area (Å²) < 4.78 is 5.59. The second-order valence-corrected chi connectivity index (χ2v) is 5.14. The largest absolute Gasteiger partial charge is 0.468 e. The topological polar surface area (TPSA) is 73.0 Å². The summed E-state index contributed by atoms with van der Waals surface area (Å²) >= 11 is 0. The second-order valence-electron chi connectivity index (χ2n) is 5.14. The Hall–Kier alpha value is -1.53. The summed E-state index contributed by atoms with van der Waals surface area (Å²) in [6.07, 6.45) is 4.20. The third-order valence-corrected chi connectivity index (χ3v) is 3.62. The molecule has 1 fully saturated rings. The Morgan fingerprint density at radius 2 is 2.24 bits per heavy atom. The summed E-state index contributed by atoms with van der Waals surface area (Å²) in [5, 5.41) is 15.2. The molecule has 1 atom stereocenters. The number of hydrogen-bond donors (Lipinski definition) is 3. The van der Waals surface area contributed by atoms with Gasteiger partial charge in [0.05, 0.1) is 25.5 Å². The van der Waals surface area contributed by atoms with Gasteiger partial charge in [-0.15, -0.1) is 0 Å². The van der Waals surface area contributed by atoms with Gasteiger partial charge in [0.2, 0.25) is 0 Å². The van der Waals surface area contributed by atoms with Crippen molar-refractivity contribution in [1.82, 2.24) is 15.5 Å². The maximum absolute atomic E-state index is 8.92. The van der Waals surface area contributed by atoms with Crippen molar-refractivity contribution >= 4 is 5.96 Å². The first-order valence-corrected chi connectivity index (χ1v) is 7.75. The lowest BCUT2D eigenvalue weighted by Crippen LogP contribution is -2.39. The van der Waals surface area contributed by atoms with Gasteiger partial charge in [-0.1, -0.05) is 0 Å². The van der Waals surface area contributed by atoms with Crippen molar-refractivity contribution in [2.75, 3.05) is 39.3 Å². The van der Waals surface area contributed by atoms with E-state index in [9.17, 15) is 0 Å². The minimum absolute atomic E-state index is 0.0954. The number of nitrogens with one attached hydrogen (secondary N) is 2. The minimum atomic E-state index is 0.0954. The molecule has 6 nitrogen and oxygen atoms in total. The SMILES string of the molecule is CCNC(=NCC(c1ccco1)N1CCCC1)NCCO. The highest BCUT2D eigenvalue weighted by Crippen LogP contribution is 2.25. The fourth-order valence-electron chi connectivity index (χ4n) is 2.61. The van der Waals surface area contributed by atoms with Crippen LogP contribution in [0.1, 0.15) is 31.6 Å². The van der Waals surface area contributed by atoms with Gasteiger partial charge >= 0.3 is 0 Å². The van der Waals surface area contributed by atoms with E-state index >= 15 is 0 Å². The molecule has 3 N–H and O–H groups in total. The molecule has 0 bridgehead atoms. The summed E-state index contributed by atoms with van der Waals surface area (Å²) in [5.74, 6) is 1.71. The average molecular weight is 294 g/mol. The van der Waals surface area contributed by atoms with E-state index in [1.807, 2.05) is 19.1 Å². The maximum atomic E-state index is 8.92. The smallest absolute Gasteiger partial charge is 0.191 e. The van der Waals surface area contributed by atoms with Crippen molar-refractivity contribution in [2.24, 2.45) is 4.99 Å². The first kappa shape index (κ1) is 15.9. The highest BCUT2D eigenvalue weighted by Gasteiger charge is 2.25. The van der Waals surface area contributed by atoms with Gasteiger partial charge in [-0.2, -0.15) is 0 Å². The maximum Gasteiger partial charge on any atom is 0.191 e. The quantitative estimate of drug-likeness (QED) is 0.516. The van der Waals surface area contributed by atoms with Crippen LogP contribution in [0.15, 0.2) is 27.8 Å². The third-order valence-electron chi connectivity index (χ3n) is 3.62. The monoisotopic (exact) mass is 294 g/mol. The van der Waals surface area contributed by atoms with Gasteiger partial charge in [0.25, 0.3) is 0 Å². The van der Waals surface area contributed by atoms with Crippen LogP contribution in [-0.2, 0) is 0 Å². The molecular formula is C15H26N4O2. The highest BCUT2D eigenvalue weighted by molar-refractivity contribution is 5.79. The minimum Gasteiger partial charge on any atom is -0.468 e. The van der Waals surface area contributed by atoms with E-state index in [2.05, 4.69) is 20.5 Å². The molecular weight excluding hydrogens is 268 g/mol. The highest BCUT2D eigenvalue weighted by atomic mass is 16.3. The van der Waals surface area contributed by atoms with E-state index in [0.717, 1.165) is 31.4 Å². The van der Waals surface area contributed by atoms with Crippen LogP contribution in [0.5, 0.6) is 0 Å². The van der Waals surface area contributed by atoms with Crippen LogP contribution < -0.4 is 10.6 Å². The summed E-state index contributed by atoms with van der Waals surface area (Å²) in [5.41, 5.74) is 0. The molecule has 2 heterocycles. The van der Waals surface area contributed by atoms with Crippen LogP contribution in [-0.4, -0.2) is 55.3 Å². The lowest BCUT2D eigenvalue weighted by molar-refractivity contribution is 0.221. The molecule has 0 aliphatic carbocycles. The molecule has 21 heavy (non-hydrogen) atoms. The van der Waals surface area contributed by atoms with Gasteiger partial charge in [-0.05, 0) is 45.0 Å². The number of furan rings is 1. The summed E-state index contributed by atoms with van der Waals surface area (Å²) in [7, 11) is 0. The predicted molar refractivity (Wildman–Crippen MR) is 83.3 cm³/mol. The Morgan fingerprint density at radius 3 is 2.86 bits per heavy atom. The van der Waals surface area contributed by atoms with Crippen LogP contribution in [0.25, 0.3) is 0 Å². The molecule has 2 rings (SSSR count). The molecule has 0 amide bonds. The standard InChI is InChI=1S/C15H26N4O2/c1-2-16-15(17-7-10-20)18-12-13(14-6-5-11-21-14)19-8-3-4-9-19/h5-6,11,13,20H,2-4,7-10,12H2,1H3,(H2,16,17,18). The second kappa shape index (κ2) is 8.69. The van der Waals surface area contributed by atoms with Crippen LogP contribution in [0.4, 0.5) is 0 Å². The van der Waals surface area contributed by atoms with Crippen molar-refractivity contribution in [2.45, 2.75) is 25.8 Å². The summed E-state index contributed by atoms with van der Waals surface area (Å²) in [4.78, 5) is 7.06. The van der Waals surface area contributed by atoms with E-state index in [0.29, 0.717) is 13.1 Å². The molecule has 1 aromatic heterocycles. The Labute approximate surface area is 126 Å². The van der Waals surface area contributed by atoms with Crippen LogP contribution in [0, 0.1) is 0 Å². The Morgan fingerprint density at radius 1 is 1.43 bits per heavy atom. The number of aliphatic imine (C=N–C) groups is 1. The Bertz CT molecular complexity index is 413. The number of aliphatic hydroxyl groups excluding tert-OH is 1. The number of guanidine groups is 1. The molecule has 1 aliphatic rings. The van der Waals surface area contributed by atoms with E-state index < -0.39 is 0 Å².